The predicted octanol–water partition coefficient (Wildman–Crippen LogP) is 5.53. The van der Waals surface area contributed by atoms with Crippen molar-refractivity contribution in [2.45, 2.75) is 6.54 Å². The number of phenolic OH excluding ortho intramolecular Hbond substituents is 2. The molecule has 1 aromatic heterocycles. The number of hydrogen-bond donors (Lipinski definition) is 2. The molecule has 0 unspecified atom stereocenters. The highest BCUT2D eigenvalue weighted by Crippen LogP contribution is 2.37. The lowest BCUT2D eigenvalue weighted by atomic mass is 10.0. The normalized spacial score (nSPS) is 10.8. The molecule has 1 amide bonds. The van der Waals surface area contributed by atoms with Crippen molar-refractivity contribution < 1.29 is 15.0 Å². The SMILES string of the molecule is CN(Cc1cccc(Cl)c1)C(=O)c1cc(-c2ccnn2-c2ccccc2Cl)c(O)cc1O. The van der Waals surface area contributed by atoms with Gasteiger partial charge in [-0.05, 0) is 42.0 Å². The van der Waals surface area contributed by atoms with Gasteiger partial charge >= 0.3 is 0 Å². The van der Waals surface area contributed by atoms with E-state index in [0.717, 1.165) is 11.6 Å². The van der Waals surface area contributed by atoms with Gasteiger partial charge in [-0.2, -0.15) is 5.10 Å². The molecule has 0 saturated heterocycles. The number of phenols is 2. The zero-order chi connectivity index (χ0) is 22.8. The van der Waals surface area contributed by atoms with Gasteiger partial charge in [-0.15, -0.1) is 0 Å². The Labute approximate surface area is 194 Å². The van der Waals surface area contributed by atoms with Gasteiger partial charge in [0.05, 0.1) is 28.2 Å². The Morgan fingerprint density at radius 3 is 2.53 bits per heavy atom. The number of carbonyl (C=O) groups excluding carboxylic acids is 1. The highest BCUT2D eigenvalue weighted by atomic mass is 35.5. The molecule has 0 spiro atoms. The zero-order valence-corrected chi connectivity index (χ0v) is 18.5. The van der Waals surface area contributed by atoms with E-state index in [-0.39, 0.29) is 17.1 Å². The molecule has 162 valence electrons. The molecule has 0 radical (unpaired) electrons. The molecule has 0 saturated carbocycles. The van der Waals surface area contributed by atoms with E-state index in [0.29, 0.717) is 33.5 Å². The fourth-order valence-electron chi connectivity index (χ4n) is 3.46. The molecule has 0 aliphatic heterocycles. The van der Waals surface area contributed by atoms with Gasteiger partial charge in [-0.1, -0.05) is 47.5 Å². The highest BCUT2D eigenvalue weighted by Gasteiger charge is 2.22. The summed E-state index contributed by atoms with van der Waals surface area (Å²) in [6.45, 7) is 0.298. The molecule has 4 rings (SSSR count). The molecule has 1 heterocycles. The largest absolute Gasteiger partial charge is 0.507 e. The number of para-hydroxylation sites is 1. The fraction of sp³-hybridized carbons (Fsp3) is 0.0833. The Hall–Kier alpha value is -3.48. The van der Waals surface area contributed by atoms with Crippen LogP contribution >= 0.6 is 23.2 Å². The molecule has 4 aromatic rings. The molecule has 6 nitrogen and oxygen atoms in total. The van der Waals surface area contributed by atoms with Crippen LogP contribution in [0.25, 0.3) is 16.9 Å². The van der Waals surface area contributed by atoms with Crippen LogP contribution in [0.1, 0.15) is 15.9 Å². The molecule has 0 bridgehead atoms. The summed E-state index contributed by atoms with van der Waals surface area (Å²) in [5.41, 5.74) is 2.37. The Morgan fingerprint density at radius 2 is 1.78 bits per heavy atom. The van der Waals surface area contributed by atoms with Crippen LogP contribution in [0, 0.1) is 0 Å². The summed E-state index contributed by atoms with van der Waals surface area (Å²) in [7, 11) is 1.63. The quantitative estimate of drug-likeness (QED) is 0.404. The molecule has 8 heteroatoms. The smallest absolute Gasteiger partial charge is 0.257 e. The molecule has 2 N–H and O–H groups in total. The molecule has 3 aromatic carbocycles. The van der Waals surface area contributed by atoms with Crippen molar-refractivity contribution in [3.63, 3.8) is 0 Å². The minimum Gasteiger partial charge on any atom is -0.507 e. The van der Waals surface area contributed by atoms with Crippen LogP contribution in [0.4, 0.5) is 0 Å². The first-order valence-electron chi connectivity index (χ1n) is 9.70. The van der Waals surface area contributed by atoms with Gasteiger partial charge in [0.25, 0.3) is 5.91 Å². The molecule has 0 atom stereocenters. The van der Waals surface area contributed by atoms with Gasteiger partial charge in [0.2, 0.25) is 0 Å². The number of aromatic nitrogens is 2. The van der Waals surface area contributed by atoms with Crippen LogP contribution < -0.4 is 0 Å². The lowest BCUT2D eigenvalue weighted by Gasteiger charge is -2.19. The summed E-state index contributed by atoms with van der Waals surface area (Å²) in [6, 6.07) is 18.7. The second-order valence-electron chi connectivity index (χ2n) is 7.26. The van der Waals surface area contributed by atoms with Crippen molar-refractivity contribution >= 4 is 29.1 Å². The van der Waals surface area contributed by atoms with Crippen LogP contribution in [-0.4, -0.2) is 37.8 Å². The van der Waals surface area contributed by atoms with Crippen LogP contribution in [0.15, 0.2) is 72.9 Å². The van der Waals surface area contributed by atoms with Crippen molar-refractivity contribution in [3.8, 4) is 28.4 Å². The summed E-state index contributed by atoms with van der Waals surface area (Å²) in [4.78, 5) is 14.6. The molecular formula is C24H19Cl2N3O3. The van der Waals surface area contributed by atoms with E-state index >= 15 is 0 Å². The molecule has 32 heavy (non-hydrogen) atoms. The number of aromatic hydroxyl groups is 2. The minimum atomic E-state index is -0.410. The summed E-state index contributed by atoms with van der Waals surface area (Å²) in [5.74, 6) is -0.920. The van der Waals surface area contributed by atoms with Gasteiger partial charge < -0.3 is 15.1 Å². The minimum absolute atomic E-state index is 0.0502. The van der Waals surface area contributed by atoms with Crippen molar-refractivity contribution in [1.82, 2.24) is 14.7 Å². The second kappa shape index (κ2) is 8.94. The van der Waals surface area contributed by atoms with E-state index in [9.17, 15) is 15.0 Å². The van der Waals surface area contributed by atoms with E-state index < -0.39 is 5.91 Å². The van der Waals surface area contributed by atoms with Crippen LogP contribution in [0.5, 0.6) is 11.5 Å². The third kappa shape index (κ3) is 4.28. The van der Waals surface area contributed by atoms with Crippen molar-refractivity contribution in [2.24, 2.45) is 0 Å². The van der Waals surface area contributed by atoms with Crippen LogP contribution in [-0.2, 0) is 6.54 Å². The van der Waals surface area contributed by atoms with Crippen molar-refractivity contribution in [3.05, 3.63) is 94.1 Å². The monoisotopic (exact) mass is 467 g/mol. The number of rotatable bonds is 5. The lowest BCUT2D eigenvalue weighted by Crippen LogP contribution is -2.26. The number of hydrogen-bond acceptors (Lipinski definition) is 4. The van der Waals surface area contributed by atoms with Crippen molar-refractivity contribution in [1.29, 1.82) is 0 Å². The standard InChI is InChI=1S/C24H19Cl2N3O3/c1-28(14-15-5-4-6-16(25)11-15)24(32)18-12-17(22(30)13-23(18)31)20-9-10-27-29(20)21-8-3-2-7-19(21)26/h2-13,30-31H,14H2,1H3. The number of benzene rings is 3. The van der Waals surface area contributed by atoms with E-state index in [1.54, 1.807) is 54.3 Å². The molecule has 0 aliphatic carbocycles. The first-order valence-corrected chi connectivity index (χ1v) is 10.5. The zero-order valence-electron chi connectivity index (χ0n) is 17.0. The fourth-order valence-corrected chi connectivity index (χ4v) is 3.89. The summed E-state index contributed by atoms with van der Waals surface area (Å²) in [6.07, 6.45) is 1.57. The molecule has 0 aliphatic rings. The Balaban J connectivity index is 1.71. The Bertz CT molecular complexity index is 1300. The van der Waals surface area contributed by atoms with Gasteiger partial charge in [-0.25, -0.2) is 4.68 Å². The second-order valence-corrected chi connectivity index (χ2v) is 8.10. The van der Waals surface area contributed by atoms with E-state index in [2.05, 4.69) is 5.10 Å². The highest BCUT2D eigenvalue weighted by molar-refractivity contribution is 6.32. The van der Waals surface area contributed by atoms with Gasteiger partial charge in [0.15, 0.2) is 0 Å². The maximum absolute atomic E-state index is 13.1. The predicted molar refractivity (Wildman–Crippen MR) is 125 cm³/mol. The van der Waals surface area contributed by atoms with E-state index in [1.165, 1.54) is 11.0 Å². The van der Waals surface area contributed by atoms with E-state index in [1.807, 2.05) is 18.2 Å². The van der Waals surface area contributed by atoms with Crippen molar-refractivity contribution in [2.75, 3.05) is 7.05 Å². The van der Waals surface area contributed by atoms with Gasteiger partial charge in [0, 0.05) is 30.2 Å². The first-order chi connectivity index (χ1) is 15.3. The van der Waals surface area contributed by atoms with Gasteiger partial charge in [0.1, 0.15) is 11.5 Å². The number of halogens is 2. The molecule has 0 fully saturated rings. The maximum Gasteiger partial charge on any atom is 0.257 e. The summed E-state index contributed by atoms with van der Waals surface area (Å²) in [5, 5.41) is 26.3. The maximum atomic E-state index is 13.1. The summed E-state index contributed by atoms with van der Waals surface area (Å²) >= 11 is 12.4. The Morgan fingerprint density at radius 1 is 1.00 bits per heavy atom. The average molecular weight is 468 g/mol. The summed E-state index contributed by atoms with van der Waals surface area (Å²) < 4.78 is 1.57. The number of amides is 1. The van der Waals surface area contributed by atoms with Crippen LogP contribution in [0.2, 0.25) is 10.0 Å². The average Bonchev–Trinajstić information content (AvgIpc) is 3.23. The molecular weight excluding hydrogens is 449 g/mol. The first kappa shape index (κ1) is 21.7. The van der Waals surface area contributed by atoms with Gasteiger partial charge in [-0.3, -0.25) is 4.79 Å². The number of carbonyl (C=O) groups is 1. The van der Waals surface area contributed by atoms with E-state index in [4.69, 9.17) is 23.2 Å². The van der Waals surface area contributed by atoms with Crippen LogP contribution in [0.3, 0.4) is 0 Å². The lowest BCUT2D eigenvalue weighted by molar-refractivity contribution is 0.0782. The Kier molecular flexibility index (Phi) is 6.08. The topological polar surface area (TPSA) is 78.6 Å². The third-order valence-corrected chi connectivity index (χ3v) is 5.55. The number of nitrogens with zero attached hydrogens (tertiary/aromatic N) is 3. The third-order valence-electron chi connectivity index (χ3n) is 5.00.